The molecule has 36 heavy (non-hydrogen) atoms. The highest BCUT2D eigenvalue weighted by atomic mass is 16.5. The van der Waals surface area contributed by atoms with Crippen LogP contribution in [0.15, 0.2) is 24.4 Å². The number of ketones is 1. The summed E-state index contributed by atoms with van der Waals surface area (Å²) in [5, 5.41) is 6.74. The maximum absolute atomic E-state index is 13.1. The number of carbonyl (C=O) groups excluding carboxylic acids is 5. The molecule has 1 aliphatic heterocycles. The predicted molar refractivity (Wildman–Crippen MR) is 131 cm³/mol. The number of nitrogens with zero attached hydrogens (tertiary/aromatic N) is 2. The van der Waals surface area contributed by atoms with Crippen LogP contribution < -0.4 is 16.1 Å². The summed E-state index contributed by atoms with van der Waals surface area (Å²) in [6, 6.07) is 3.06. The summed E-state index contributed by atoms with van der Waals surface area (Å²) < 4.78 is 5.08. The summed E-state index contributed by atoms with van der Waals surface area (Å²) in [5.74, 6) is -2.16. The number of hydrazine groups is 1. The fraction of sp³-hybridized carbons (Fsp3) is 0.600. The number of pyridine rings is 1. The molecular weight excluding hydrogens is 466 g/mol. The van der Waals surface area contributed by atoms with Gasteiger partial charge in [-0.3, -0.25) is 24.2 Å². The van der Waals surface area contributed by atoms with Gasteiger partial charge in [0.15, 0.2) is 12.4 Å². The van der Waals surface area contributed by atoms with Crippen LogP contribution in [0, 0.1) is 11.8 Å². The van der Waals surface area contributed by atoms with Crippen molar-refractivity contribution in [1.29, 1.82) is 0 Å². The minimum atomic E-state index is -0.900. The zero-order valence-corrected chi connectivity index (χ0v) is 21.4. The molecule has 3 amide bonds. The van der Waals surface area contributed by atoms with Crippen LogP contribution in [0.4, 0.5) is 0 Å². The molecular formula is C25H37N5O6. The Labute approximate surface area is 211 Å². The van der Waals surface area contributed by atoms with Gasteiger partial charge < -0.3 is 15.4 Å². The number of ether oxygens (including phenoxy) is 1. The molecule has 1 aromatic rings. The van der Waals surface area contributed by atoms with Crippen LogP contribution >= 0.6 is 0 Å². The molecule has 1 saturated heterocycles. The number of carbonyl (C=O) groups is 5. The molecule has 1 aromatic heterocycles. The van der Waals surface area contributed by atoms with Gasteiger partial charge in [0, 0.05) is 32.1 Å². The normalized spacial score (nSPS) is 16.4. The molecule has 11 nitrogen and oxygen atoms in total. The highest BCUT2D eigenvalue weighted by Gasteiger charge is 2.35. The van der Waals surface area contributed by atoms with E-state index in [1.807, 2.05) is 13.8 Å². The van der Waals surface area contributed by atoms with Gasteiger partial charge in [0.2, 0.25) is 17.7 Å². The fourth-order valence-corrected chi connectivity index (χ4v) is 3.77. The number of esters is 1. The van der Waals surface area contributed by atoms with Crippen LogP contribution in [0.1, 0.15) is 63.9 Å². The topological polar surface area (TPSA) is 147 Å². The highest BCUT2D eigenvalue weighted by Crippen LogP contribution is 2.14. The van der Waals surface area contributed by atoms with Crippen LogP contribution in [-0.4, -0.2) is 71.2 Å². The summed E-state index contributed by atoms with van der Waals surface area (Å²) in [6.45, 7) is 7.60. The molecule has 1 fully saturated rings. The van der Waals surface area contributed by atoms with Crippen molar-refractivity contribution in [3.8, 4) is 0 Å². The molecule has 2 rings (SSSR count). The van der Waals surface area contributed by atoms with E-state index in [1.54, 1.807) is 26.0 Å². The van der Waals surface area contributed by atoms with Crippen molar-refractivity contribution in [3.63, 3.8) is 0 Å². The number of rotatable bonds is 12. The van der Waals surface area contributed by atoms with E-state index in [0.29, 0.717) is 25.8 Å². The van der Waals surface area contributed by atoms with E-state index in [-0.39, 0.29) is 42.3 Å². The third-order valence-electron chi connectivity index (χ3n) is 5.61. The van der Waals surface area contributed by atoms with Gasteiger partial charge in [-0.15, -0.1) is 0 Å². The van der Waals surface area contributed by atoms with Crippen molar-refractivity contribution in [2.75, 3.05) is 19.7 Å². The lowest BCUT2D eigenvalue weighted by atomic mass is 9.98. The summed E-state index contributed by atoms with van der Waals surface area (Å²) >= 11 is 0. The lowest BCUT2D eigenvalue weighted by molar-refractivity contribution is -0.147. The molecule has 11 heteroatoms. The Bertz CT molecular complexity index is 921. The number of Topliss-reactive ketones (excluding diaryl/α,β-unsaturated/α-hetero) is 1. The maximum atomic E-state index is 13.1. The average Bonchev–Trinajstić information content (AvgIpc) is 2.85. The van der Waals surface area contributed by atoms with Crippen LogP contribution in [0.25, 0.3) is 0 Å². The Hall–Kier alpha value is -3.34. The van der Waals surface area contributed by atoms with Crippen LogP contribution in [0.2, 0.25) is 0 Å². The molecule has 3 N–H and O–H groups in total. The van der Waals surface area contributed by atoms with Gasteiger partial charge in [0.25, 0.3) is 0 Å². The molecule has 2 atom stereocenters. The SMILES string of the molecule is CC(C)CC(=O)NCCC(=O)N1NCCCC1C(=O)NC(C(=O)COC(=O)c1ccccn1)C(C)C. The molecule has 0 aromatic carbocycles. The second-order valence-corrected chi connectivity index (χ2v) is 9.52. The zero-order chi connectivity index (χ0) is 26.7. The van der Waals surface area contributed by atoms with E-state index in [4.69, 9.17) is 4.74 Å². The van der Waals surface area contributed by atoms with Gasteiger partial charge in [-0.05, 0) is 36.8 Å². The van der Waals surface area contributed by atoms with E-state index in [9.17, 15) is 24.0 Å². The van der Waals surface area contributed by atoms with Crippen molar-refractivity contribution in [2.24, 2.45) is 11.8 Å². The number of aromatic nitrogens is 1. The largest absolute Gasteiger partial charge is 0.453 e. The van der Waals surface area contributed by atoms with Gasteiger partial charge in [0.1, 0.15) is 11.7 Å². The van der Waals surface area contributed by atoms with Crippen molar-refractivity contribution in [3.05, 3.63) is 30.1 Å². The third-order valence-corrected chi connectivity index (χ3v) is 5.61. The minimum absolute atomic E-state index is 0.0383. The van der Waals surface area contributed by atoms with Crippen LogP contribution in [0.5, 0.6) is 0 Å². The van der Waals surface area contributed by atoms with Crippen molar-refractivity contribution < 1.29 is 28.7 Å². The average molecular weight is 504 g/mol. The van der Waals surface area contributed by atoms with Crippen molar-refractivity contribution in [2.45, 2.75) is 65.5 Å². The van der Waals surface area contributed by atoms with E-state index in [2.05, 4.69) is 21.0 Å². The molecule has 2 heterocycles. The standard InChI is InChI=1S/C25H37N5O6/c1-16(2)14-21(32)27-13-10-22(33)30-19(9-7-12-28-30)24(34)29-23(17(3)4)20(31)15-36-25(35)18-8-5-6-11-26-18/h5-6,8,11,16-17,19,23,28H,7,9-10,12-15H2,1-4H3,(H,27,32)(H,29,34). The second-order valence-electron chi connectivity index (χ2n) is 9.52. The monoisotopic (exact) mass is 503 g/mol. The number of amides is 3. The summed E-state index contributed by atoms with van der Waals surface area (Å²) in [4.78, 5) is 66.5. The number of hydrogen-bond donors (Lipinski definition) is 3. The van der Waals surface area contributed by atoms with Crippen LogP contribution in [0.3, 0.4) is 0 Å². The molecule has 2 unspecified atom stereocenters. The summed E-state index contributed by atoms with van der Waals surface area (Å²) in [5.41, 5.74) is 3.04. The smallest absolute Gasteiger partial charge is 0.357 e. The zero-order valence-electron chi connectivity index (χ0n) is 21.4. The maximum Gasteiger partial charge on any atom is 0.357 e. The first-order valence-corrected chi connectivity index (χ1v) is 12.3. The molecule has 198 valence electrons. The Kier molecular flexibility index (Phi) is 11.5. The number of nitrogens with one attached hydrogen (secondary N) is 3. The van der Waals surface area contributed by atoms with E-state index in [0.717, 1.165) is 0 Å². The Morgan fingerprint density at radius 2 is 1.92 bits per heavy atom. The van der Waals surface area contributed by atoms with Gasteiger partial charge in [0.05, 0.1) is 6.04 Å². The Morgan fingerprint density at radius 1 is 1.17 bits per heavy atom. The summed E-state index contributed by atoms with van der Waals surface area (Å²) in [6.07, 6.45) is 2.97. The van der Waals surface area contributed by atoms with Gasteiger partial charge >= 0.3 is 5.97 Å². The van der Waals surface area contributed by atoms with Gasteiger partial charge in [-0.25, -0.2) is 15.2 Å². The molecule has 0 aliphatic carbocycles. The van der Waals surface area contributed by atoms with Gasteiger partial charge in [-0.2, -0.15) is 0 Å². The van der Waals surface area contributed by atoms with Gasteiger partial charge in [-0.1, -0.05) is 33.8 Å². The first kappa shape index (κ1) is 28.9. The van der Waals surface area contributed by atoms with E-state index < -0.39 is 36.4 Å². The first-order valence-electron chi connectivity index (χ1n) is 12.3. The summed E-state index contributed by atoms with van der Waals surface area (Å²) in [7, 11) is 0. The van der Waals surface area contributed by atoms with Crippen molar-refractivity contribution in [1.82, 2.24) is 26.1 Å². The molecule has 0 spiro atoms. The highest BCUT2D eigenvalue weighted by molar-refractivity contribution is 5.95. The Balaban J connectivity index is 1.94. The molecule has 0 saturated carbocycles. The molecule has 0 radical (unpaired) electrons. The minimum Gasteiger partial charge on any atom is -0.453 e. The molecule has 1 aliphatic rings. The predicted octanol–water partition coefficient (Wildman–Crippen LogP) is 0.996. The molecule has 0 bridgehead atoms. The lowest BCUT2D eigenvalue weighted by Crippen LogP contribution is -2.61. The Morgan fingerprint density at radius 3 is 2.56 bits per heavy atom. The number of hydrogen-bond acceptors (Lipinski definition) is 8. The second kappa shape index (κ2) is 14.3. The quantitative estimate of drug-likeness (QED) is 0.358. The van der Waals surface area contributed by atoms with Crippen molar-refractivity contribution >= 4 is 29.5 Å². The fourth-order valence-electron chi connectivity index (χ4n) is 3.77. The lowest BCUT2D eigenvalue weighted by Gasteiger charge is -2.36. The van der Waals surface area contributed by atoms with E-state index >= 15 is 0 Å². The first-order chi connectivity index (χ1) is 17.1. The van der Waals surface area contributed by atoms with Crippen LogP contribution in [-0.2, 0) is 23.9 Å². The third kappa shape index (κ3) is 9.03. The van der Waals surface area contributed by atoms with E-state index in [1.165, 1.54) is 17.3 Å².